The zero-order valence-corrected chi connectivity index (χ0v) is 12.3. The molecule has 0 N–H and O–H groups in total. The standard InChI is InChI=1S/C12H19IO4/c1-2-3-6-17-12(15)10(13)11(14)9-4-7-16-8-5-9/h9-10H,2-8H2,1H3. The van der Waals surface area contributed by atoms with Crippen molar-refractivity contribution >= 4 is 34.3 Å². The number of halogens is 1. The summed E-state index contributed by atoms with van der Waals surface area (Å²) in [6.07, 6.45) is 3.27. The number of carbonyl (C=O) groups excluding carboxylic acids is 2. The van der Waals surface area contributed by atoms with Gasteiger partial charge < -0.3 is 9.47 Å². The number of alkyl halides is 1. The Labute approximate surface area is 116 Å². The van der Waals surface area contributed by atoms with Crippen molar-refractivity contribution in [3.05, 3.63) is 0 Å². The normalized spacial score (nSPS) is 18.7. The number of hydrogen-bond donors (Lipinski definition) is 0. The Kier molecular flexibility index (Phi) is 7.03. The van der Waals surface area contributed by atoms with E-state index >= 15 is 0 Å². The van der Waals surface area contributed by atoms with Gasteiger partial charge in [0.15, 0.2) is 9.71 Å². The van der Waals surface area contributed by atoms with E-state index in [4.69, 9.17) is 9.47 Å². The molecule has 0 amide bonds. The Morgan fingerprint density at radius 3 is 2.65 bits per heavy atom. The zero-order chi connectivity index (χ0) is 12.7. The molecule has 1 fully saturated rings. The summed E-state index contributed by atoms with van der Waals surface area (Å²) in [4.78, 5) is 23.6. The van der Waals surface area contributed by atoms with Crippen LogP contribution in [-0.4, -0.2) is 35.5 Å². The number of rotatable bonds is 6. The van der Waals surface area contributed by atoms with Crippen LogP contribution in [0.25, 0.3) is 0 Å². The minimum absolute atomic E-state index is 0.00426. The summed E-state index contributed by atoms with van der Waals surface area (Å²) >= 11 is 1.88. The van der Waals surface area contributed by atoms with Crippen molar-refractivity contribution in [1.29, 1.82) is 0 Å². The van der Waals surface area contributed by atoms with E-state index < -0.39 is 9.89 Å². The maximum absolute atomic E-state index is 12.0. The maximum atomic E-state index is 12.0. The van der Waals surface area contributed by atoms with Crippen molar-refractivity contribution in [2.75, 3.05) is 19.8 Å². The van der Waals surface area contributed by atoms with Gasteiger partial charge in [0, 0.05) is 19.1 Å². The molecule has 0 aromatic heterocycles. The average Bonchev–Trinajstić information content (AvgIpc) is 2.38. The van der Waals surface area contributed by atoms with Crippen LogP contribution in [0.1, 0.15) is 32.6 Å². The second-order valence-corrected chi connectivity index (χ2v) is 5.42. The number of Topliss-reactive ketones (excluding diaryl/α,β-unsaturated/α-hetero) is 1. The van der Waals surface area contributed by atoms with E-state index in [1.165, 1.54) is 0 Å². The van der Waals surface area contributed by atoms with Crippen LogP contribution in [0, 0.1) is 5.92 Å². The summed E-state index contributed by atoms with van der Waals surface area (Å²) in [6, 6.07) is 0. The lowest BCUT2D eigenvalue weighted by molar-refractivity contribution is -0.146. The molecule has 0 aliphatic carbocycles. The van der Waals surface area contributed by atoms with Crippen molar-refractivity contribution in [1.82, 2.24) is 0 Å². The molecule has 1 heterocycles. The third-order valence-electron chi connectivity index (χ3n) is 2.82. The van der Waals surface area contributed by atoms with E-state index in [0.717, 1.165) is 25.7 Å². The van der Waals surface area contributed by atoms with Gasteiger partial charge in [-0.1, -0.05) is 35.9 Å². The molecule has 4 nitrogen and oxygen atoms in total. The molecule has 5 heteroatoms. The Hall–Kier alpha value is -0.170. The maximum Gasteiger partial charge on any atom is 0.326 e. The lowest BCUT2D eigenvalue weighted by Gasteiger charge is -2.22. The second-order valence-electron chi connectivity index (χ2n) is 4.17. The summed E-state index contributed by atoms with van der Waals surface area (Å²) in [7, 11) is 0. The zero-order valence-electron chi connectivity index (χ0n) is 10.1. The highest BCUT2D eigenvalue weighted by Gasteiger charge is 2.32. The summed E-state index contributed by atoms with van der Waals surface area (Å²) in [6.45, 7) is 3.67. The molecule has 98 valence electrons. The molecule has 0 saturated carbocycles. The fraction of sp³-hybridized carbons (Fsp3) is 0.833. The third kappa shape index (κ3) is 4.91. The molecule has 0 spiro atoms. The van der Waals surface area contributed by atoms with Gasteiger partial charge in [0.05, 0.1) is 6.61 Å². The summed E-state index contributed by atoms with van der Waals surface area (Å²) in [5, 5.41) is 0. The monoisotopic (exact) mass is 354 g/mol. The number of hydrogen-bond acceptors (Lipinski definition) is 4. The number of carbonyl (C=O) groups is 2. The van der Waals surface area contributed by atoms with Crippen molar-refractivity contribution in [3.63, 3.8) is 0 Å². The van der Waals surface area contributed by atoms with E-state index in [1.807, 2.05) is 29.5 Å². The predicted octanol–water partition coefficient (Wildman–Crippen LogP) is 2.13. The van der Waals surface area contributed by atoms with Gasteiger partial charge in [-0.05, 0) is 19.3 Å². The molecule has 17 heavy (non-hydrogen) atoms. The summed E-state index contributed by atoms with van der Waals surface area (Å²) < 4.78 is 9.60. The molecule has 1 atom stereocenters. The van der Waals surface area contributed by atoms with Crippen LogP contribution in [0.15, 0.2) is 0 Å². The van der Waals surface area contributed by atoms with Crippen LogP contribution >= 0.6 is 22.6 Å². The molecular formula is C12H19IO4. The lowest BCUT2D eigenvalue weighted by Crippen LogP contribution is -2.34. The SMILES string of the molecule is CCCCOC(=O)C(I)C(=O)C1CCOCC1. The van der Waals surface area contributed by atoms with E-state index in [2.05, 4.69) is 0 Å². The van der Waals surface area contributed by atoms with Crippen LogP contribution in [-0.2, 0) is 19.1 Å². The highest BCUT2D eigenvalue weighted by molar-refractivity contribution is 14.1. The van der Waals surface area contributed by atoms with Crippen molar-refractivity contribution in [2.45, 2.75) is 36.5 Å². The van der Waals surface area contributed by atoms with E-state index in [1.54, 1.807) is 0 Å². The number of ether oxygens (including phenoxy) is 2. The van der Waals surface area contributed by atoms with Crippen LogP contribution in [0.2, 0.25) is 0 Å². The first-order valence-corrected chi connectivity index (χ1v) is 7.33. The summed E-state index contributed by atoms with van der Waals surface area (Å²) in [5.74, 6) is -0.435. The molecule has 0 bridgehead atoms. The van der Waals surface area contributed by atoms with Gasteiger partial charge in [0.1, 0.15) is 0 Å². The first-order valence-electron chi connectivity index (χ1n) is 6.09. The minimum Gasteiger partial charge on any atom is -0.465 e. The minimum atomic E-state index is -0.660. The molecule has 1 aliphatic rings. The van der Waals surface area contributed by atoms with Gasteiger partial charge in [-0.15, -0.1) is 0 Å². The van der Waals surface area contributed by atoms with Gasteiger partial charge in [0.2, 0.25) is 0 Å². The number of unbranched alkanes of at least 4 members (excludes halogenated alkanes) is 1. The first-order chi connectivity index (χ1) is 8.16. The summed E-state index contributed by atoms with van der Waals surface area (Å²) in [5.41, 5.74) is 0. The van der Waals surface area contributed by atoms with Gasteiger partial charge in [-0.25, -0.2) is 0 Å². The molecule has 1 saturated heterocycles. The second kappa shape index (κ2) is 8.02. The Bertz CT molecular complexity index is 261. The highest BCUT2D eigenvalue weighted by atomic mass is 127. The Morgan fingerprint density at radius 1 is 1.41 bits per heavy atom. The molecule has 1 rings (SSSR count). The Balaban J connectivity index is 2.36. The third-order valence-corrected chi connectivity index (χ3v) is 3.94. The fourth-order valence-electron chi connectivity index (χ4n) is 1.70. The van der Waals surface area contributed by atoms with Gasteiger partial charge >= 0.3 is 5.97 Å². The van der Waals surface area contributed by atoms with Crippen molar-refractivity contribution < 1.29 is 19.1 Å². The molecule has 1 unspecified atom stereocenters. The Morgan fingerprint density at radius 2 is 2.06 bits per heavy atom. The largest absolute Gasteiger partial charge is 0.465 e. The topological polar surface area (TPSA) is 52.6 Å². The van der Waals surface area contributed by atoms with Crippen molar-refractivity contribution in [2.24, 2.45) is 5.92 Å². The molecule has 0 aromatic carbocycles. The van der Waals surface area contributed by atoms with E-state index in [-0.39, 0.29) is 11.7 Å². The lowest BCUT2D eigenvalue weighted by atomic mass is 9.93. The average molecular weight is 354 g/mol. The van der Waals surface area contributed by atoms with Gasteiger partial charge in [0.25, 0.3) is 0 Å². The molecule has 1 aliphatic heterocycles. The van der Waals surface area contributed by atoms with Gasteiger partial charge in [-0.2, -0.15) is 0 Å². The quantitative estimate of drug-likeness (QED) is 0.241. The fourth-order valence-corrected chi connectivity index (χ4v) is 2.38. The van der Waals surface area contributed by atoms with Crippen LogP contribution in [0.4, 0.5) is 0 Å². The number of esters is 1. The van der Waals surface area contributed by atoms with Crippen LogP contribution in [0.3, 0.4) is 0 Å². The molecule has 0 aromatic rings. The predicted molar refractivity (Wildman–Crippen MR) is 72.2 cm³/mol. The first kappa shape index (κ1) is 14.9. The van der Waals surface area contributed by atoms with E-state index in [0.29, 0.717) is 19.8 Å². The van der Waals surface area contributed by atoms with Crippen LogP contribution < -0.4 is 0 Å². The van der Waals surface area contributed by atoms with Gasteiger partial charge in [-0.3, -0.25) is 9.59 Å². The van der Waals surface area contributed by atoms with Crippen LogP contribution in [0.5, 0.6) is 0 Å². The molecule has 0 radical (unpaired) electrons. The highest BCUT2D eigenvalue weighted by Crippen LogP contribution is 2.21. The van der Waals surface area contributed by atoms with E-state index in [9.17, 15) is 9.59 Å². The number of ketones is 1. The molecular weight excluding hydrogens is 335 g/mol. The smallest absolute Gasteiger partial charge is 0.326 e. The van der Waals surface area contributed by atoms with Crippen molar-refractivity contribution in [3.8, 4) is 0 Å².